The number of nitrogens with one attached hydrogen (secondary N) is 2. The molecule has 5 rings (SSSR count). The first kappa shape index (κ1) is 23.5. The molecule has 0 radical (unpaired) electrons. The van der Waals surface area contributed by atoms with E-state index in [9.17, 15) is 4.79 Å². The SMILES string of the molecule is Cn1c(C2CNCCN2C=O)cc2cc(Oc3ccc(NCc4ccc(Cl)c(Cl)c4)cn3)ccc21. The molecule has 3 heterocycles. The van der Waals surface area contributed by atoms with Gasteiger partial charge in [0.15, 0.2) is 0 Å². The summed E-state index contributed by atoms with van der Waals surface area (Å²) in [6.07, 6.45) is 2.67. The Morgan fingerprint density at radius 3 is 2.80 bits per heavy atom. The molecule has 9 heteroatoms. The van der Waals surface area contributed by atoms with E-state index in [2.05, 4.69) is 26.3 Å². The minimum Gasteiger partial charge on any atom is -0.439 e. The molecule has 1 aliphatic rings. The van der Waals surface area contributed by atoms with Gasteiger partial charge in [0.2, 0.25) is 12.3 Å². The lowest BCUT2D eigenvalue weighted by Gasteiger charge is -2.33. The number of anilines is 1. The highest BCUT2D eigenvalue weighted by molar-refractivity contribution is 6.42. The summed E-state index contributed by atoms with van der Waals surface area (Å²) in [6.45, 7) is 2.85. The van der Waals surface area contributed by atoms with Gasteiger partial charge in [-0.15, -0.1) is 0 Å². The first-order valence-corrected chi connectivity index (χ1v) is 12.1. The molecule has 0 saturated carbocycles. The van der Waals surface area contributed by atoms with Gasteiger partial charge in [-0.25, -0.2) is 4.98 Å². The number of carbonyl (C=O) groups is 1. The molecule has 4 aromatic rings. The number of amides is 1. The summed E-state index contributed by atoms with van der Waals surface area (Å²) in [5.41, 5.74) is 4.06. The van der Waals surface area contributed by atoms with E-state index < -0.39 is 0 Å². The number of hydrogen-bond acceptors (Lipinski definition) is 5. The molecular formula is C26H25Cl2N5O2. The zero-order valence-electron chi connectivity index (χ0n) is 19.2. The van der Waals surface area contributed by atoms with E-state index in [4.69, 9.17) is 27.9 Å². The number of fused-ring (bicyclic) bond motifs is 1. The fraction of sp³-hybridized carbons (Fsp3) is 0.231. The molecule has 1 saturated heterocycles. The zero-order valence-corrected chi connectivity index (χ0v) is 20.7. The van der Waals surface area contributed by atoms with Crippen LogP contribution in [0.3, 0.4) is 0 Å². The van der Waals surface area contributed by atoms with Crippen LogP contribution in [0.25, 0.3) is 10.9 Å². The third-order valence-electron chi connectivity index (χ3n) is 6.25. The minimum absolute atomic E-state index is 0.00799. The molecule has 1 fully saturated rings. The molecule has 35 heavy (non-hydrogen) atoms. The fourth-order valence-electron chi connectivity index (χ4n) is 4.37. The second kappa shape index (κ2) is 10.2. The van der Waals surface area contributed by atoms with Crippen LogP contribution >= 0.6 is 23.2 Å². The van der Waals surface area contributed by atoms with Crippen molar-refractivity contribution >= 4 is 46.2 Å². The Kier molecular flexibility index (Phi) is 6.81. The Morgan fingerprint density at radius 2 is 2.03 bits per heavy atom. The van der Waals surface area contributed by atoms with Crippen LogP contribution in [0.2, 0.25) is 10.0 Å². The van der Waals surface area contributed by atoms with Crippen LogP contribution in [0.15, 0.2) is 60.8 Å². The molecule has 0 aliphatic carbocycles. The standard InChI is InChI=1S/C26H25Cl2N5O2/c1-32-23-6-4-20(11-18(23)12-24(32)25-15-29-8-9-33(25)16-34)35-26-7-3-19(14-31-26)30-13-17-2-5-21(27)22(28)10-17/h2-7,10-12,14,16,25,29-30H,8-9,13,15H2,1H3. The van der Waals surface area contributed by atoms with Crippen LogP contribution in [-0.2, 0) is 18.4 Å². The van der Waals surface area contributed by atoms with E-state index in [1.54, 1.807) is 12.3 Å². The van der Waals surface area contributed by atoms with Crippen molar-refractivity contribution in [2.45, 2.75) is 12.6 Å². The Morgan fingerprint density at radius 1 is 1.14 bits per heavy atom. The van der Waals surface area contributed by atoms with Crippen LogP contribution in [-0.4, -0.2) is 40.5 Å². The van der Waals surface area contributed by atoms with E-state index in [0.29, 0.717) is 34.8 Å². The molecule has 180 valence electrons. The number of aryl methyl sites for hydroxylation is 1. The zero-order chi connectivity index (χ0) is 24.4. The third-order valence-corrected chi connectivity index (χ3v) is 6.99. The molecule has 1 amide bonds. The van der Waals surface area contributed by atoms with E-state index >= 15 is 0 Å². The average molecular weight is 510 g/mol. The Labute approximate surface area is 213 Å². The number of halogens is 2. The fourth-order valence-corrected chi connectivity index (χ4v) is 4.69. The Balaban J connectivity index is 1.27. The summed E-state index contributed by atoms with van der Waals surface area (Å²) in [5, 5.41) is 8.82. The van der Waals surface area contributed by atoms with Crippen molar-refractivity contribution in [3.8, 4) is 11.6 Å². The highest BCUT2D eigenvalue weighted by Gasteiger charge is 2.25. The van der Waals surface area contributed by atoms with Crippen molar-refractivity contribution in [2.24, 2.45) is 7.05 Å². The van der Waals surface area contributed by atoms with Crippen molar-refractivity contribution in [2.75, 3.05) is 25.0 Å². The number of piperazine rings is 1. The van der Waals surface area contributed by atoms with E-state index in [1.165, 1.54) is 0 Å². The van der Waals surface area contributed by atoms with Gasteiger partial charge < -0.3 is 24.8 Å². The number of ether oxygens (including phenoxy) is 1. The summed E-state index contributed by atoms with van der Waals surface area (Å²) in [6, 6.07) is 17.4. The maximum atomic E-state index is 11.5. The van der Waals surface area contributed by atoms with Gasteiger partial charge in [-0.05, 0) is 48.0 Å². The van der Waals surface area contributed by atoms with Crippen LogP contribution in [0.1, 0.15) is 17.3 Å². The molecule has 2 aromatic carbocycles. The summed E-state index contributed by atoms with van der Waals surface area (Å²) < 4.78 is 8.15. The molecule has 7 nitrogen and oxygen atoms in total. The summed E-state index contributed by atoms with van der Waals surface area (Å²) in [4.78, 5) is 17.8. The first-order valence-electron chi connectivity index (χ1n) is 11.3. The van der Waals surface area contributed by atoms with Gasteiger partial charge in [0, 0.05) is 55.9 Å². The predicted octanol–water partition coefficient (Wildman–Crippen LogP) is 5.39. The van der Waals surface area contributed by atoms with Crippen molar-refractivity contribution in [3.05, 3.63) is 82.1 Å². The minimum atomic E-state index is 0.00799. The lowest BCUT2D eigenvalue weighted by Crippen LogP contribution is -2.45. The number of nitrogens with zero attached hydrogens (tertiary/aromatic N) is 3. The molecule has 1 unspecified atom stereocenters. The largest absolute Gasteiger partial charge is 0.439 e. The summed E-state index contributed by atoms with van der Waals surface area (Å²) in [7, 11) is 2.03. The summed E-state index contributed by atoms with van der Waals surface area (Å²) in [5.74, 6) is 1.21. The van der Waals surface area contributed by atoms with Crippen molar-refractivity contribution in [1.82, 2.24) is 19.8 Å². The van der Waals surface area contributed by atoms with Gasteiger partial charge in [0.25, 0.3) is 0 Å². The van der Waals surface area contributed by atoms with E-state index in [0.717, 1.165) is 47.3 Å². The molecule has 0 bridgehead atoms. The number of pyridine rings is 1. The predicted molar refractivity (Wildman–Crippen MR) is 139 cm³/mol. The molecule has 2 N–H and O–H groups in total. The number of rotatable bonds is 7. The topological polar surface area (TPSA) is 71.4 Å². The monoisotopic (exact) mass is 509 g/mol. The van der Waals surface area contributed by atoms with Crippen molar-refractivity contribution in [1.29, 1.82) is 0 Å². The van der Waals surface area contributed by atoms with E-state index in [-0.39, 0.29) is 6.04 Å². The van der Waals surface area contributed by atoms with Crippen LogP contribution in [0.4, 0.5) is 5.69 Å². The van der Waals surface area contributed by atoms with Crippen LogP contribution in [0, 0.1) is 0 Å². The lowest BCUT2D eigenvalue weighted by molar-refractivity contribution is -0.121. The Hall–Kier alpha value is -3.26. The maximum Gasteiger partial charge on any atom is 0.219 e. The third kappa shape index (κ3) is 5.07. The van der Waals surface area contributed by atoms with Gasteiger partial charge in [0.05, 0.1) is 28.0 Å². The highest BCUT2D eigenvalue weighted by Crippen LogP contribution is 2.31. The van der Waals surface area contributed by atoms with Crippen LogP contribution in [0.5, 0.6) is 11.6 Å². The van der Waals surface area contributed by atoms with Gasteiger partial charge in [0.1, 0.15) is 5.75 Å². The van der Waals surface area contributed by atoms with Gasteiger partial charge >= 0.3 is 0 Å². The number of aromatic nitrogens is 2. The molecule has 1 atom stereocenters. The number of carbonyl (C=O) groups excluding carboxylic acids is 1. The highest BCUT2D eigenvalue weighted by atomic mass is 35.5. The molecular weight excluding hydrogens is 485 g/mol. The van der Waals surface area contributed by atoms with Gasteiger partial charge in [-0.3, -0.25) is 4.79 Å². The van der Waals surface area contributed by atoms with Crippen molar-refractivity contribution < 1.29 is 9.53 Å². The van der Waals surface area contributed by atoms with E-state index in [1.807, 2.05) is 54.4 Å². The molecule has 2 aromatic heterocycles. The number of hydrogen-bond donors (Lipinski definition) is 2. The summed E-state index contributed by atoms with van der Waals surface area (Å²) >= 11 is 12.1. The second-order valence-corrected chi connectivity index (χ2v) is 9.32. The number of benzene rings is 2. The van der Waals surface area contributed by atoms with Gasteiger partial charge in [-0.2, -0.15) is 0 Å². The second-order valence-electron chi connectivity index (χ2n) is 8.50. The van der Waals surface area contributed by atoms with Gasteiger partial charge in [-0.1, -0.05) is 29.3 Å². The molecule has 0 spiro atoms. The Bertz CT molecular complexity index is 1360. The first-order chi connectivity index (χ1) is 17.0. The normalized spacial score (nSPS) is 15.9. The smallest absolute Gasteiger partial charge is 0.219 e. The average Bonchev–Trinajstić information content (AvgIpc) is 3.21. The van der Waals surface area contributed by atoms with Crippen LogP contribution < -0.4 is 15.4 Å². The lowest BCUT2D eigenvalue weighted by atomic mass is 10.1. The maximum absolute atomic E-state index is 11.5. The molecule has 1 aliphatic heterocycles. The van der Waals surface area contributed by atoms with Crippen molar-refractivity contribution in [3.63, 3.8) is 0 Å². The quantitative estimate of drug-likeness (QED) is 0.327.